The zero-order valence-corrected chi connectivity index (χ0v) is 19.1. The van der Waals surface area contributed by atoms with Crippen molar-refractivity contribution in [3.8, 4) is 17.2 Å². The first-order valence-electron chi connectivity index (χ1n) is 11.0. The van der Waals surface area contributed by atoms with E-state index < -0.39 is 5.91 Å². The minimum Gasteiger partial charge on any atom is -0.379 e. The van der Waals surface area contributed by atoms with Crippen molar-refractivity contribution >= 4 is 23.0 Å². The number of hydrogen-bond donors (Lipinski definition) is 2. The summed E-state index contributed by atoms with van der Waals surface area (Å²) < 4.78 is 3.50. The van der Waals surface area contributed by atoms with E-state index in [1.807, 2.05) is 38.5 Å². The number of aromatic nitrogens is 4. The molecule has 1 aliphatic heterocycles. The van der Waals surface area contributed by atoms with Gasteiger partial charge in [-0.05, 0) is 31.7 Å². The summed E-state index contributed by atoms with van der Waals surface area (Å²) in [5, 5.41) is 21.2. The summed E-state index contributed by atoms with van der Waals surface area (Å²) >= 11 is 0. The highest BCUT2D eigenvalue weighted by molar-refractivity contribution is 6.02. The third-order valence-corrected chi connectivity index (χ3v) is 6.40. The lowest BCUT2D eigenvalue weighted by Crippen LogP contribution is -2.48. The first-order valence-corrected chi connectivity index (χ1v) is 11.0. The van der Waals surface area contributed by atoms with E-state index in [0.29, 0.717) is 30.8 Å². The van der Waals surface area contributed by atoms with E-state index in [0.717, 1.165) is 28.8 Å². The van der Waals surface area contributed by atoms with Gasteiger partial charge in [-0.15, -0.1) is 0 Å². The molecule has 0 saturated carbocycles. The van der Waals surface area contributed by atoms with Gasteiger partial charge in [-0.1, -0.05) is 6.92 Å². The summed E-state index contributed by atoms with van der Waals surface area (Å²) in [4.78, 5) is 26.2. The molecule has 10 nitrogen and oxygen atoms in total. The number of primary amides is 1. The van der Waals surface area contributed by atoms with Crippen molar-refractivity contribution in [3.05, 3.63) is 35.9 Å². The van der Waals surface area contributed by atoms with Gasteiger partial charge in [-0.25, -0.2) is 4.52 Å². The van der Waals surface area contributed by atoms with Gasteiger partial charge in [0.05, 0.1) is 34.7 Å². The Bertz CT molecular complexity index is 1250. The summed E-state index contributed by atoms with van der Waals surface area (Å²) in [6.45, 7) is 5.16. The average molecular weight is 449 g/mol. The molecule has 33 heavy (non-hydrogen) atoms. The number of amides is 2. The van der Waals surface area contributed by atoms with Crippen LogP contribution >= 0.6 is 0 Å². The molecule has 0 aliphatic carbocycles. The number of nitrogens with zero attached hydrogens (tertiary/aromatic N) is 6. The van der Waals surface area contributed by atoms with E-state index in [4.69, 9.17) is 11.0 Å². The van der Waals surface area contributed by atoms with Crippen LogP contribution in [0.2, 0.25) is 0 Å². The maximum Gasteiger partial charge on any atom is 0.252 e. The Morgan fingerprint density at radius 3 is 2.79 bits per heavy atom. The summed E-state index contributed by atoms with van der Waals surface area (Å²) in [5.74, 6) is -0.519. The third kappa shape index (κ3) is 4.26. The van der Waals surface area contributed by atoms with Crippen LogP contribution in [-0.2, 0) is 11.8 Å². The molecule has 2 atom stereocenters. The lowest BCUT2D eigenvalue weighted by Gasteiger charge is -2.39. The topological polar surface area (TPSA) is 134 Å². The van der Waals surface area contributed by atoms with Gasteiger partial charge in [0.15, 0.2) is 0 Å². The summed E-state index contributed by atoms with van der Waals surface area (Å²) in [5.41, 5.74) is 10.3. The minimum absolute atomic E-state index is 0.0453. The number of likely N-dealkylation sites (tertiary alicyclic amines) is 1. The number of rotatable bonds is 6. The number of aryl methyl sites for hydroxylation is 2. The highest BCUT2D eigenvalue weighted by Gasteiger charge is 2.31. The fourth-order valence-corrected chi connectivity index (χ4v) is 4.65. The van der Waals surface area contributed by atoms with Gasteiger partial charge in [0.2, 0.25) is 5.91 Å². The van der Waals surface area contributed by atoms with E-state index in [2.05, 4.69) is 22.4 Å². The third-order valence-electron chi connectivity index (χ3n) is 6.40. The number of carbonyl (C=O) groups excluding carboxylic acids is 2. The normalized spacial score (nSPS) is 18.3. The van der Waals surface area contributed by atoms with Gasteiger partial charge in [0.1, 0.15) is 6.42 Å². The predicted octanol–water partition coefficient (Wildman–Crippen LogP) is 2.09. The van der Waals surface area contributed by atoms with Crippen LogP contribution in [-0.4, -0.2) is 55.2 Å². The lowest BCUT2D eigenvalue weighted by molar-refractivity contribution is -0.132. The molecule has 1 saturated heterocycles. The van der Waals surface area contributed by atoms with E-state index in [9.17, 15) is 9.59 Å². The predicted molar refractivity (Wildman–Crippen MR) is 123 cm³/mol. The highest BCUT2D eigenvalue weighted by atomic mass is 16.2. The first-order chi connectivity index (χ1) is 15.8. The second kappa shape index (κ2) is 8.94. The van der Waals surface area contributed by atoms with Gasteiger partial charge in [-0.3, -0.25) is 14.3 Å². The Labute approximate surface area is 192 Å². The molecular formula is C23H28N8O2. The van der Waals surface area contributed by atoms with Crippen molar-refractivity contribution < 1.29 is 9.59 Å². The second-order valence-electron chi connectivity index (χ2n) is 8.54. The molecular weight excluding hydrogens is 420 g/mol. The molecule has 3 N–H and O–H groups in total. The number of anilines is 1. The zero-order valence-electron chi connectivity index (χ0n) is 19.1. The summed E-state index contributed by atoms with van der Waals surface area (Å²) in [6, 6.07) is 3.97. The molecule has 4 heterocycles. The van der Waals surface area contributed by atoms with Crippen molar-refractivity contribution in [1.82, 2.24) is 24.3 Å². The monoisotopic (exact) mass is 448 g/mol. The van der Waals surface area contributed by atoms with Crippen LogP contribution in [0.25, 0.3) is 16.6 Å². The Hall–Kier alpha value is -3.87. The number of nitrogens with one attached hydrogen (secondary N) is 1. The Morgan fingerprint density at radius 2 is 2.15 bits per heavy atom. The molecule has 4 rings (SSSR count). The lowest BCUT2D eigenvalue weighted by atomic mass is 9.89. The maximum absolute atomic E-state index is 12.2. The van der Waals surface area contributed by atoms with E-state index in [-0.39, 0.29) is 24.3 Å². The van der Waals surface area contributed by atoms with Gasteiger partial charge in [0, 0.05) is 49.7 Å². The van der Waals surface area contributed by atoms with Crippen LogP contribution in [0.1, 0.15) is 42.2 Å². The molecule has 3 aromatic rings. The van der Waals surface area contributed by atoms with Gasteiger partial charge >= 0.3 is 0 Å². The van der Waals surface area contributed by atoms with Crippen molar-refractivity contribution in [1.29, 1.82) is 5.26 Å². The first kappa shape index (κ1) is 22.3. The largest absolute Gasteiger partial charge is 0.379 e. The van der Waals surface area contributed by atoms with Crippen LogP contribution in [0.5, 0.6) is 0 Å². The molecule has 172 valence electrons. The molecule has 0 unspecified atom stereocenters. The molecule has 0 spiro atoms. The molecule has 1 fully saturated rings. The van der Waals surface area contributed by atoms with Gasteiger partial charge in [0.25, 0.3) is 5.91 Å². The molecule has 0 radical (unpaired) electrons. The van der Waals surface area contributed by atoms with Crippen molar-refractivity contribution in [2.45, 2.75) is 39.2 Å². The van der Waals surface area contributed by atoms with Crippen LogP contribution in [0.3, 0.4) is 0 Å². The number of fused-ring (bicyclic) bond motifs is 1. The number of nitrogens with two attached hydrogens (primary N) is 1. The number of carbonyl (C=O) groups is 2. The molecule has 2 amide bonds. The standard InChI is InChI=1S/C23H28N8O2/c1-4-15-11-30(21(32)5-7-24)8-6-19(15)27-22-17(23(25)33)10-26-31-12-16(9-20(22)31)18-13-29(3)28-14(18)2/h9-10,12-13,15,19,27H,4-6,8,11H2,1-3H3,(H2,25,33)/t15-,19+/m0/s1. The van der Waals surface area contributed by atoms with E-state index >= 15 is 0 Å². The Morgan fingerprint density at radius 1 is 1.36 bits per heavy atom. The fraction of sp³-hybridized carbons (Fsp3) is 0.435. The average Bonchev–Trinajstić information content (AvgIpc) is 3.36. The number of piperidine rings is 1. The fourth-order valence-electron chi connectivity index (χ4n) is 4.65. The molecule has 10 heteroatoms. The Kier molecular flexibility index (Phi) is 6.05. The smallest absolute Gasteiger partial charge is 0.252 e. The van der Waals surface area contributed by atoms with E-state index in [1.54, 1.807) is 14.1 Å². The Balaban J connectivity index is 1.69. The van der Waals surface area contributed by atoms with Crippen LogP contribution in [0.4, 0.5) is 5.69 Å². The molecule has 0 bridgehead atoms. The SMILES string of the molecule is CC[C@H]1CN(C(=O)CC#N)CC[C@H]1Nc1c(C(N)=O)cnn2cc(-c3cn(C)nc3C)cc12. The number of hydrogen-bond acceptors (Lipinski definition) is 6. The van der Waals surface area contributed by atoms with Crippen LogP contribution in [0, 0.1) is 24.2 Å². The van der Waals surface area contributed by atoms with Gasteiger partial charge < -0.3 is 16.0 Å². The van der Waals surface area contributed by atoms with Crippen molar-refractivity contribution in [2.24, 2.45) is 18.7 Å². The quantitative estimate of drug-likeness (QED) is 0.593. The van der Waals surface area contributed by atoms with Crippen LogP contribution < -0.4 is 11.1 Å². The molecule has 0 aromatic carbocycles. The van der Waals surface area contributed by atoms with Crippen molar-refractivity contribution in [3.63, 3.8) is 0 Å². The highest BCUT2D eigenvalue weighted by Crippen LogP contribution is 2.32. The molecule has 3 aromatic heterocycles. The molecule has 1 aliphatic rings. The summed E-state index contributed by atoms with van der Waals surface area (Å²) in [7, 11) is 1.88. The van der Waals surface area contributed by atoms with Crippen LogP contribution in [0.15, 0.2) is 24.7 Å². The minimum atomic E-state index is -0.553. The van der Waals surface area contributed by atoms with Gasteiger partial charge in [-0.2, -0.15) is 15.5 Å². The second-order valence-corrected chi connectivity index (χ2v) is 8.54. The van der Waals surface area contributed by atoms with Crippen molar-refractivity contribution in [2.75, 3.05) is 18.4 Å². The number of nitriles is 1. The summed E-state index contributed by atoms with van der Waals surface area (Å²) in [6.07, 6.45) is 6.80. The zero-order chi connectivity index (χ0) is 23.7. The van der Waals surface area contributed by atoms with E-state index in [1.165, 1.54) is 6.20 Å². The maximum atomic E-state index is 12.2.